The third kappa shape index (κ3) is 2.86. The molecule has 0 aromatic heterocycles. The van der Waals surface area contributed by atoms with Crippen LogP contribution in [0, 0.1) is 0 Å². The summed E-state index contributed by atoms with van der Waals surface area (Å²) in [5, 5.41) is 10.3. The van der Waals surface area contributed by atoms with Crippen LogP contribution in [0.2, 0.25) is 0 Å². The Morgan fingerprint density at radius 2 is 1.53 bits per heavy atom. The lowest BCUT2D eigenvalue weighted by Crippen LogP contribution is -2.45. The van der Waals surface area contributed by atoms with E-state index in [1.807, 2.05) is 30.3 Å². The predicted molar refractivity (Wildman–Crippen MR) is 109 cm³/mol. The van der Waals surface area contributed by atoms with Gasteiger partial charge in [-0.1, -0.05) is 42.5 Å². The zero-order valence-corrected chi connectivity index (χ0v) is 16.4. The summed E-state index contributed by atoms with van der Waals surface area (Å²) in [6.45, 7) is 0. The fourth-order valence-corrected chi connectivity index (χ4v) is 4.04. The van der Waals surface area contributed by atoms with Crippen LogP contribution in [0.1, 0.15) is 15.9 Å². The molecule has 2 atom stereocenters. The lowest BCUT2D eigenvalue weighted by atomic mass is 9.95. The van der Waals surface area contributed by atoms with Crippen LogP contribution in [0.25, 0.3) is 6.08 Å². The SMILES string of the molecule is COC(=O)C1=C(C(=O)OC)C(C(=O)c2ccccc2O)N2c3ccccc3C=CC12. The molecule has 2 aromatic carbocycles. The fraction of sp³-hybridized carbons (Fsp3) is 0.174. The number of ketones is 1. The molecule has 0 radical (unpaired) electrons. The average Bonchev–Trinajstić information content (AvgIpc) is 3.13. The summed E-state index contributed by atoms with van der Waals surface area (Å²) < 4.78 is 9.86. The Bertz CT molecular complexity index is 1120. The highest BCUT2D eigenvalue weighted by atomic mass is 16.5. The number of Topliss-reactive ketones (excluding diaryl/α,β-unsaturated/α-hetero) is 1. The first-order chi connectivity index (χ1) is 14.5. The smallest absolute Gasteiger partial charge is 0.336 e. The molecule has 0 saturated heterocycles. The number of phenols is 1. The van der Waals surface area contributed by atoms with E-state index in [9.17, 15) is 19.5 Å². The highest BCUT2D eigenvalue weighted by Crippen LogP contribution is 2.43. The number of ether oxygens (including phenoxy) is 2. The third-order valence-corrected chi connectivity index (χ3v) is 5.34. The highest BCUT2D eigenvalue weighted by molar-refractivity contribution is 6.17. The van der Waals surface area contributed by atoms with Gasteiger partial charge in [0.2, 0.25) is 0 Å². The summed E-state index contributed by atoms with van der Waals surface area (Å²) in [6.07, 6.45) is 3.58. The van der Waals surface area contributed by atoms with Crippen LogP contribution in [0.4, 0.5) is 5.69 Å². The topological polar surface area (TPSA) is 93.1 Å². The molecule has 1 N–H and O–H groups in total. The fourth-order valence-electron chi connectivity index (χ4n) is 4.04. The average molecular weight is 405 g/mol. The van der Waals surface area contributed by atoms with Crippen molar-refractivity contribution in [3.05, 3.63) is 76.9 Å². The van der Waals surface area contributed by atoms with E-state index in [0.717, 1.165) is 5.56 Å². The maximum Gasteiger partial charge on any atom is 0.336 e. The van der Waals surface area contributed by atoms with Crippen molar-refractivity contribution in [3.63, 3.8) is 0 Å². The van der Waals surface area contributed by atoms with E-state index in [1.54, 1.807) is 23.1 Å². The van der Waals surface area contributed by atoms with E-state index < -0.39 is 29.8 Å². The molecule has 0 aliphatic carbocycles. The van der Waals surface area contributed by atoms with E-state index in [0.29, 0.717) is 5.69 Å². The van der Waals surface area contributed by atoms with Gasteiger partial charge in [0.1, 0.15) is 11.8 Å². The number of nitrogens with zero attached hydrogens (tertiary/aromatic N) is 1. The molecule has 152 valence electrons. The normalized spacial score (nSPS) is 19.2. The first-order valence-corrected chi connectivity index (χ1v) is 9.28. The van der Waals surface area contributed by atoms with Gasteiger partial charge in [0.15, 0.2) is 5.78 Å². The molecule has 0 saturated carbocycles. The number of hydrogen-bond donors (Lipinski definition) is 1. The van der Waals surface area contributed by atoms with Gasteiger partial charge >= 0.3 is 11.9 Å². The molecule has 4 rings (SSSR count). The molecule has 2 aliphatic rings. The number of rotatable bonds is 4. The zero-order valence-electron chi connectivity index (χ0n) is 16.4. The Hall–Kier alpha value is -3.87. The maximum absolute atomic E-state index is 13.6. The monoisotopic (exact) mass is 405 g/mol. The summed E-state index contributed by atoms with van der Waals surface area (Å²) in [5.74, 6) is -2.26. The Balaban J connectivity index is 1.98. The van der Waals surface area contributed by atoms with Crippen molar-refractivity contribution in [2.24, 2.45) is 0 Å². The van der Waals surface area contributed by atoms with Crippen molar-refractivity contribution in [1.29, 1.82) is 0 Å². The number of phenolic OH excluding ortho intramolecular Hbond substituents is 1. The van der Waals surface area contributed by atoms with Gasteiger partial charge in [-0.25, -0.2) is 9.59 Å². The van der Waals surface area contributed by atoms with Gasteiger partial charge in [-0.15, -0.1) is 0 Å². The molecule has 0 amide bonds. The van der Waals surface area contributed by atoms with Gasteiger partial charge in [-0.2, -0.15) is 0 Å². The van der Waals surface area contributed by atoms with Gasteiger partial charge in [-0.3, -0.25) is 4.79 Å². The first-order valence-electron chi connectivity index (χ1n) is 9.28. The van der Waals surface area contributed by atoms with Crippen molar-refractivity contribution in [3.8, 4) is 5.75 Å². The number of aromatic hydroxyl groups is 1. The number of hydrogen-bond acceptors (Lipinski definition) is 7. The van der Waals surface area contributed by atoms with Crippen LogP contribution in [0.3, 0.4) is 0 Å². The van der Waals surface area contributed by atoms with Crippen molar-refractivity contribution >= 4 is 29.5 Å². The Labute approximate surface area is 172 Å². The van der Waals surface area contributed by atoms with E-state index in [2.05, 4.69) is 0 Å². The minimum Gasteiger partial charge on any atom is -0.507 e. The van der Waals surface area contributed by atoms with Gasteiger partial charge in [0.25, 0.3) is 0 Å². The molecule has 0 fully saturated rings. The van der Waals surface area contributed by atoms with Crippen LogP contribution < -0.4 is 4.90 Å². The van der Waals surface area contributed by atoms with Crippen LogP contribution in [0.15, 0.2) is 65.8 Å². The van der Waals surface area contributed by atoms with Crippen molar-refractivity contribution < 1.29 is 29.0 Å². The van der Waals surface area contributed by atoms with Crippen molar-refractivity contribution in [2.45, 2.75) is 12.1 Å². The number of carbonyl (C=O) groups is 3. The minimum absolute atomic E-state index is 0.0424. The van der Waals surface area contributed by atoms with E-state index in [4.69, 9.17) is 9.47 Å². The molecule has 0 spiro atoms. The molecule has 30 heavy (non-hydrogen) atoms. The van der Waals surface area contributed by atoms with E-state index >= 15 is 0 Å². The first kappa shape index (κ1) is 19.4. The van der Waals surface area contributed by atoms with Gasteiger partial charge in [0.05, 0.1) is 37.0 Å². The summed E-state index contributed by atoms with van der Waals surface area (Å²) in [6, 6.07) is 11.6. The molecule has 0 bridgehead atoms. The Morgan fingerprint density at radius 3 is 2.23 bits per heavy atom. The van der Waals surface area contributed by atoms with Crippen molar-refractivity contribution in [2.75, 3.05) is 19.1 Å². The second-order valence-corrected chi connectivity index (χ2v) is 6.86. The Kier molecular flexibility index (Phi) is 4.87. The lowest BCUT2D eigenvalue weighted by Gasteiger charge is -2.35. The summed E-state index contributed by atoms with van der Waals surface area (Å²) in [4.78, 5) is 40.7. The van der Waals surface area contributed by atoms with Crippen LogP contribution in [0.5, 0.6) is 5.75 Å². The quantitative estimate of drug-likeness (QED) is 0.617. The van der Waals surface area contributed by atoms with Gasteiger partial charge in [-0.05, 0) is 23.8 Å². The number of methoxy groups -OCH3 is 2. The third-order valence-electron chi connectivity index (χ3n) is 5.34. The van der Waals surface area contributed by atoms with Crippen LogP contribution in [-0.4, -0.2) is 49.1 Å². The molecule has 2 unspecified atom stereocenters. The number of para-hydroxylation sites is 2. The molecule has 2 aliphatic heterocycles. The van der Waals surface area contributed by atoms with Crippen LogP contribution in [-0.2, 0) is 19.1 Å². The molecular formula is C23H19NO6. The van der Waals surface area contributed by atoms with E-state index in [-0.39, 0.29) is 22.5 Å². The molecule has 7 heteroatoms. The van der Waals surface area contributed by atoms with Crippen LogP contribution >= 0.6 is 0 Å². The number of anilines is 1. The molecule has 7 nitrogen and oxygen atoms in total. The molecule has 2 aromatic rings. The second-order valence-electron chi connectivity index (χ2n) is 6.86. The molecular weight excluding hydrogens is 386 g/mol. The zero-order chi connectivity index (χ0) is 21.4. The van der Waals surface area contributed by atoms with Gasteiger partial charge in [0, 0.05) is 5.69 Å². The number of fused-ring (bicyclic) bond motifs is 3. The molecule has 2 heterocycles. The lowest BCUT2D eigenvalue weighted by molar-refractivity contribution is -0.139. The summed E-state index contributed by atoms with van der Waals surface area (Å²) in [5.41, 5.74) is 1.51. The largest absolute Gasteiger partial charge is 0.507 e. The summed E-state index contributed by atoms with van der Waals surface area (Å²) >= 11 is 0. The second kappa shape index (κ2) is 7.51. The highest BCUT2D eigenvalue weighted by Gasteiger charge is 2.51. The number of esters is 2. The Morgan fingerprint density at radius 1 is 0.900 bits per heavy atom. The number of carbonyl (C=O) groups excluding carboxylic acids is 3. The minimum atomic E-state index is -1.17. The summed E-state index contributed by atoms with van der Waals surface area (Å²) in [7, 11) is 2.40. The van der Waals surface area contributed by atoms with Crippen molar-refractivity contribution in [1.82, 2.24) is 0 Å². The standard InChI is InChI=1S/C23H19NO6/c1-29-22(27)18-16-12-11-13-7-3-5-9-15(13)24(16)20(19(18)23(28)30-2)21(26)14-8-4-6-10-17(14)25/h3-12,16,20,25H,1-2H3. The van der Waals surface area contributed by atoms with E-state index in [1.165, 1.54) is 26.4 Å². The maximum atomic E-state index is 13.6. The van der Waals surface area contributed by atoms with Gasteiger partial charge < -0.3 is 19.5 Å². The predicted octanol–water partition coefficient (Wildman–Crippen LogP) is 2.50. The number of benzene rings is 2.